The number of unbranched alkanes of at least 4 members (excludes halogenated alkanes) is 2. The summed E-state index contributed by atoms with van der Waals surface area (Å²) in [6.45, 7) is 4.42. The molecule has 1 atom stereocenters. The molecule has 17 heavy (non-hydrogen) atoms. The minimum Gasteiger partial charge on any atom is -0.313 e. The van der Waals surface area contributed by atoms with E-state index in [0.29, 0.717) is 6.04 Å². The lowest BCUT2D eigenvalue weighted by atomic mass is 10.1. The number of halogens is 1. The van der Waals surface area contributed by atoms with Crippen molar-refractivity contribution < 1.29 is 0 Å². The third kappa shape index (κ3) is 5.02. The number of benzene rings is 1. The first-order chi connectivity index (χ1) is 8.19. The van der Waals surface area contributed by atoms with Gasteiger partial charge in [0.2, 0.25) is 0 Å². The lowest BCUT2D eigenvalue weighted by Crippen LogP contribution is -2.12. The summed E-state index contributed by atoms with van der Waals surface area (Å²) in [5.41, 5.74) is 1.33. The molecule has 1 aromatic carbocycles. The molecular weight excluding hydrogens is 294 g/mol. The van der Waals surface area contributed by atoms with Crippen molar-refractivity contribution in [3.63, 3.8) is 0 Å². The van der Waals surface area contributed by atoms with Gasteiger partial charge in [-0.15, -0.1) is 11.8 Å². The Bertz CT molecular complexity index is 341. The van der Waals surface area contributed by atoms with Gasteiger partial charge in [-0.25, -0.2) is 0 Å². The molecule has 0 saturated heterocycles. The predicted octanol–water partition coefficient (Wildman–Crippen LogP) is 5.01. The Balaban J connectivity index is 2.57. The van der Waals surface area contributed by atoms with E-state index < -0.39 is 0 Å². The molecule has 0 aliphatic heterocycles. The van der Waals surface area contributed by atoms with Crippen molar-refractivity contribution in [2.24, 2.45) is 0 Å². The lowest BCUT2D eigenvalue weighted by molar-refractivity contribution is 0.651. The first-order valence-corrected chi connectivity index (χ1v) is 8.06. The fourth-order valence-corrected chi connectivity index (χ4v) is 3.27. The van der Waals surface area contributed by atoms with Crippen LogP contribution in [0.3, 0.4) is 0 Å². The molecule has 1 aromatic rings. The normalized spacial score (nSPS) is 12.7. The largest absolute Gasteiger partial charge is 0.313 e. The molecule has 0 fully saturated rings. The summed E-state index contributed by atoms with van der Waals surface area (Å²) in [7, 11) is 1.99. The van der Waals surface area contributed by atoms with Crippen molar-refractivity contribution in [1.82, 2.24) is 5.32 Å². The smallest absolute Gasteiger partial charge is 0.0314 e. The van der Waals surface area contributed by atoms with Gasteiger partial charge in [0, 0.05) is 15.4 Å². The molecule has 0 aliphatic rings. The van der Waals surface area contributed by atoms with E-state index in [1.165, 1.54) is 39.9 Å². The molecular formula is C14H22BrNS. The van der Waals surface area contributed by atoms with Crippen LogP contribution in [0.25, 0.3) is 0 Å². The van der Waals surface area contributed by atoms with E-state index in [1.54, 1.807) is 0 Å². The van der Waals surface area contributed by atoms with E-state index in [4.69, 9.17) is 0 Å². The first kappa shape index (κ1) is 15.1. The number of hydrogen-bond acceptors (Lipinski definition) is 2. The Morgan fingerprint density at radius 3 is 2.71 bits per heavy atom. The van der Waals surface area contributed by atoms with Crippen LogP contribution in [0, 0.1) is 0 Å². The summed E-state index contributed by atoms with van der Waals surface area (Å²) in [6.07, 6.45) is 3.93. The number of rotatable bonds is 7. The lowest BCUT2D eigenvalue weighted by Gasteiger charge is -2.12. The Morgan fingerprint density at radius 2 is 2.12 bits per heavy atom. The second-order valence-corrected chi connectivity index (χ2v) is 6.25. The fraction of sp³-hybridized carbons (Fsp3) is 0.571. The van der Waals surface area contributed by atoms with E-state index in [1.807, 2.05) is 18.8 Å². The van der Waals surface area contributed by atoms with Crippen molar-refractivity contribution in [1.29, 1.82) is 0 Å². The van der Waals surface area contributed by atoms with Gasteiger partial charge in [-0.1, -0.05) is 25.8 Å². The van der Waals surface area contributed by atoms with Crippen molar-refractivity contribution in [2.45, 2.75) is 44.0 Å². The maximum atomic E-state index is 3.67. The summed E-state index contributed by atoms with van der Waals surface area (Å²) >= 11 is 5.61. The Kier molecular flexibility index (Phi) is 7.24. The van der Waals surface area contributed by atoms with Crippen molar-refractivity contribution in [3.05, 3.63) is 28.2 Å². The Labute approximate surface area is 118 Å². The first-order valence-electron chi connectivity index (χ1n) is 6.28. The average Bonchev–Trinajstić information content (AvgIpc) is 2.35. The highest BCUT2D eigenvalue weighted by atomic mass is 79.9. The van der Waals surface area contributed by atoms with Gasteiger partial charge in [-0.2, -0.15) is 0 Å². The predicted molar refractivity (Wildman–Crippen MR) is 81.9 cm³/mol. The molecule has 0 bridgehead atoms. The van der Waals surface area contributed by atoms with Gasteiger partial charge in [-0.3, -0.25) is 0 Å². The van der Waals surface area contributed by atoms with Crippen molar-refractivity contribution in [2.75, 3.05) is 12.8 Å². The SMILES string of the molecule is CCCCCSc1ccc(C(C)NC)cc1Br. The molecule has 3 heteroatoms. The van der Waals surface area contributed by atoms with Crippen LogP contribution in [0.15, 0.2) is 27.6 Å². The average molecular weight is 316 g/mol. The highest BCUT2D eigenvalue weighted by molar-refractivity contribution is 9.10. The Hall–Kier alpha value is 0.01000. The maximum absolute atomic E-state index is 3.67. The quantitative estimate of drug-likeness (QED) is 0.560. The van der Waals surface area contributed by atoms with Crippen LogP contribution in [0.5, 0.6) is 0 Å². The molecule has 0 amide bonds. The molecule has 0 heterocycles. The van der Waals surface area contributed by atoms with Crippen LogP contribution in [-0.4, -0.2) is 12.8 Å². The third-order valence-corrected chi connectivity index (χ3v) is 4.97. The van der Waals surface area contributed by atoms with Crippen LogP contribution in [-0.2, 0) is 0 Å². The van der Waals surface area contributed by atoms with Crippen molar-refractivity contribution in [3.8, 4) is 0 Å². The summed E-state index contributed by atoms with van der Waals surface area (Å²) in [6, 6.07) is 7.08. The molecule has 1 N–H and O–H groups in total. The summed E-state index contributed by atoms with van der Waals surface area (Å²) in [5.74, 6) is 1.22. The van der Waals surface area contributed by atoms with Gasteiger partial charge in [0.25, 0.3) is 0 Å². The van der Waals surface area contributed by atoms with Gasteiger partial charge in [0.1, 0.15) is 0 Å². The molecule has 0 aliphatic carbocycles. The van der Waals surface area contributed by atoms with Crippen molar-refractivity contribution >= 4 is 27.7 Å². The van der Waals surface area contributed by atoms with Crippen LogP contribution < -0.4 is 5.32 Å². The maximum Gasteiger partial charge on any atom is 0.0314 e. The second kappa shape index (κ2) is 8.17. The zero-order valence-corrected chi connectivity index (χ0v) is 13.3. The molecule has 1 rings (SSSR count). The van der Waals surface area contributed by atoms with Gasteiger partial charge in [0.05, 0.1) is 0 Å². The van der Waals surface area contributed by atoms with Crippen LogP contribution in [0.1, 0.15) is 44.7 Å². The number of thioether (sulfide) groups is 1. The Morgan fingerprint density at radius 1 is 1.35 bits per heavy atom. The monoisotopic (exact) mass is 315 g/mol. The highest BCUT2D eigenvalue weighted by Gasteiger charge is 2.06. The minimum atomic E-state index is 0.408. The fourth-order valence-electron chi connectivity index (χ4n) is 1.60. The van der Waals surface area contributed by atoms with Gasteiger partial charge in [0.15, 0.2) is 0 Å². The van der Waals surface area contributed by atoms with E-state index in [9.17, 15) is 0 Å². The van der Waals surface area contributed by atoms with Crippen LogP contribution in [0.2, 0.25) is 0 Å². The standard InChI is InChI=1S/C14H22BrNS/c1-4-5-6-9-17-14-8-7-12(10-13(14)15)11(2)16-3/h7-8,10-11,16H,4-6,9H2,1-3H3. The van der Waals surface area contributed by atoms with E-state index in [-0.39, 0.29) is 0 Å². The molecule has 0 radical (unpaired) electrons. The zero-order valence-electron chi connectivity index (χ0n) is 10.9. The van der Waals surface area contributed by atoms with E-state index >= 15 is 0 Å². The van der Waals surface area contributed by atoms with Crippen LogP contribution in [0.4, 0.5) is 0 Å². The minimum absolute atomic E-state index is 0.408. The number of nitrogens with one attached hydrogen (secondary N) is 1. The number of hydrogen-bond donors (Lipinski definition) is 1. The van der Waals surface area contributed by atoms with Gasteiger partial charge in [-0.05, 0) is 59.8 Å². The third-order valence-electron chi connectivity index (χ3n) is 2.89. The van der Waals surface area contributed by atoms with E-state index in [0.717, 1.165) is 0 Å². The van der Waals surface area contributed by atoms with Gasteiger partial charge >= 0.3 is 0 Å². The van der Waals surface area contributed by atoms with Crippen LogP contribution >= 0.6 is 27.7 Å². The molecule has 1 nitrogen and oxygen atoms in total. The van der Waals surface area contributed by atoms with Gasteiger partial charge < -0.3 is 5.32 Å². The molecule has 0 aromatic heterocycles. The second-order valence-electron chi connectivity index (χ2n) is 4.26. The molecule has 0 spiro atoms. The highest BCUT2D eigenvalue weighted by Crippen LogP contribution is 2.30. The summed E-state index contributed by atoms with van der Waals surface area (Å²) < 4.78 is 1.22. The zero-order chi connectivity index (χ0) is 12.7. The topological polar surface area (TPSA) is 12.0 Å². The summed E-state index contributed by atoms with van der Waals surface area (Å²) in [4.78, 5) is 1.35. The summed E-state index contributed by atoms with van der Waals surface area (Å²) in [5, 5.41) is 3.26. The molecule has 0 saturated carbocycles. The van der Waals surface area contributed by atoms with E-state index in [2.05, 4.69) is 53.3 Å². The molecule has 1 unspecified atom stereocenters. The molecule has 96 valence electrons.